The Morgan fingerprint density at radius 2 is 1.33 bits per heavy atom. The van der Waals surface area contributed by atoms with Crippen LogP contribution in [0, 0.1) is 0 Å². The Labute approximate surface area is 144 Å². The summed E-state index contributed by atoms with van der Waals surface area (Å²) in [5.41, 5.74) is 0. The van der Waals surface area contributed by atoms with Gasteiger partial charge in [-0.15, -0.1) is 0 Å². The zero-order valence-electron chi connectivity index (χ0n) is 14.8. The fourth-order valence-electron chi connectivity index (χ4n) is 3.00. The van der Waals surface area contributed by atoms with E-state index in [0.29, 0.717) is 10.0 Å². The van der Waals surface area contributed by atoms with Crippen molar-refractivity contribution in [3.63, 3.8) is 0 Å². The summed E-state index contributed by atoms with van der Waals surface area (Å²) in [5, 5.41) is 8.94. The Morgan fingerprint density at radius 1 is 0.857 bits per heavy atom. The Balaban J connectivity index is 4.64. The van der Waals surface area contributed by atoms with Crippen LogP contribution in [0.2, 0.25) is 3.43 Å². The minimum atomic E-state index is -0.545. The van der Waals surface area contributed by atoms with E-state index in [1.54, 1.807) is 3.59 Å². The number of unbranched alkanes of at least 4 members (excludes halogenated alkanes) is 4. The van der Waals surface area contributed by atoms with E-state index in [4.69, 9.17) is 5.11 Å². The molecule has 0 fully saturated rings. The topological polar surface area (TPSA) is 20.2 Å². The molecule has 21 heavy (non-hydrogen) atoms. The van der Waals surface area contributed by atoms with Gasteiger partial charge in [-0.05, 0) is 0 Å². The number of aliphatic hydroxyl groups is 1. The van der Waals surface area contributed by atoms with Gasteiger partial charge in [0.15, 0.2) is 0 Å². The molecule has 0 aromatic carbocycles. The normalized spacial score (nSPS) is 11.8. The average molecular weight is 401 g/mol. The molecule has 0 saturated carbocycles. The van der Waals surface area contributed by atoms with Crippen LogP contribution in [-0.2, 0) is 0 Å². The molecule has 0 spiro atoms. The summed E-state index contributed by atoms with van der Waals surface area (Å²) in [5.74, 6) is 0. The molecule has 2 radical (unpaired) electrons. The maximum absolute atomic E-state index is 8.94. The van der Waals surface area contributed by atoms with Gasteiger partial charge >= 0.3 is 144 Å². The number of aliphatic hydroxyl groups excluding tert-OH is 1. The molecule has 0 aromatic heterocycles. The van der Waals surface area contributed by atoms with Crippen LogP contribution in [0.15, 0.2) is 10.2 Å². The molecule has 1 nitrogen and oxygen atoms in total. The fourth-order valence-corrected chi connectivity index (χ4v) is 8.58. The fraction of sp³-hybridized carbons (Fsp3) is 0.895. The van der Waals surface area contributed by atoms with E-state index >= 15 is 0 Å². The van der Waals surface area contributed by atoms with E-state index in [9.17, 15) is 0 Å². The van der Waals surface area contributed by atoms with Gasteiger partial charge in [0.1, 0.15) is 0 Å². The summed E-state index contributed by atoms with van der Waals surface area (Å²) in [4.78, 5) is 0. The third-order valence-electron chi connectivity index (χ3n) is 4.36. The van der Waals surface area contributed by atoms with Gasteiger partial charge in [0, 0.05) is 0 Å². The Morgan fingerprint density at radius 3 is 1.71 bits per heavy atom. The predicted molar refractivity (Wildman–Crippen MR) is 97.1 cm³/mol. The van der Waals surface area contributed by atoms with Crippen LogP contribution >= 0.6 is 0 Å². The molecular weight excluding hydrogens is 363 g/mol. The summed E-state index contributed by atoms with van der Waals surface area (Å²) in [6.07, 6.45) is 15.8. The molecule has 0 saturated heterocycles. The SMILES string of the molecule is C=[C](CCCCO)[Sn][C](CCCC)(CCCC)CCCC. The maximum atomic E-state index is 8.94. The van der Waals surface area contributed by atoms with Crippen molar-refractivity contribution < 1.29 is 5.11 Å². The summed E-state index contributed by atoms with van der Waals surface area (Å²) < 4.78 is 2.28. The number of allylic oxidation sites excluding steroid dienone is 1. The zero-order valence-corrected chi connectivity index (χ0v) is 17.7. The Bertz CT molecular complexity index is 228. The van der Waals surface area contributed by atoms with Crippen LogP contribution in [0.1, 0.15) is 97.8 Å². The molecule has 0 unspecified atom stereocenters. The van der Waals surface area contributed by atoms with Crippen LogP contribution in [0.5, 0.6) is 0 Å². The van der Waals surface area contributed by atoms with Gasteiger partial charge in [-0.25, -0.2) is 0 Å². The molecule has 0 aliphatic rings. The molecule has 0 aromatic rings. The van der Waals surface area contributed by atoms with Crippen molar-refractivity contribution in [1.29, 1.82) is 0 Å². The molecule has 0 amide bonds. The molecule has 0 atom stereocenters. The quantitative estimate of drug-likeness (QED) is 0.260. The number of rotatable bonds is 15. The number of hydrogen-bond donors (Lipinski definition) is 1. The van der Waals surface area contributed by atoms with Crippen molar-refractivity contribution in [2.24, 2.45) is 0 Å². The first-order valence-corrected chi connectivity index (χ1v) is 12.1. The number of hydrogen-bond acceptors (Lipinski definition) is 1. The molecule has 0 aliphatic heterocycles. The predicted octanol–water partition coefficient (Wildman–Crippen LogP) is 6.10. The van der Waals surface area contributed by atoms with Crippen LogP contribution in [0.4, 0.5) is 0 Å². The van der Waals surface area contributed by atoms with Gasteiger partial charge in [0.25, 0.3) is 0 Å². The van der Waals surface area contributed by atoms with E-state index in [2.05, 4.69) is 27.4 Å². The summed E-state index contributed by atoms with van der Waals surface area (Å²) in [6.45, 7) is 11.7. The second-order valence-corrected chi connectivity index (χ2v) is 12.3. The van der Waals surface area contributed by atoms with Crippen molar-refractivity contribution in [3.05, 3.63) is 10.2 Å². The van der Waals surface area contributed by atoms with Crippen molar-refractivity contribution in [2.75, 3.05) is 6.61 Å². The average Bonchev–Trinajstić information content (AvgIpc) is 2.49. The molecule has 0 rings (SSSR count). The van der Waals surface area contributed by atoms with Crippen molar-refractivity contribution in [2.45, 2.75) is 101 Å². The van der Waals surface area contributed by atoms with Gasteiger partial charge in [-0.3, -0.25) is 0 Å². The zero-order chi connectivity index (χ0) is 16.0. The molecule has 0 aliphatic carbocycles. The first-order chi connectivity index (χ1) is 10.1. The van der Waals surface area contributed by atoms with Crippen molar-refractivity contribution >= 4 is 21.1 Å². The van der Waals surface area contributed by atoms with E-state index in [1.165, 1.54) is 64.2 Å². The van der Waals surface area contributed by atoms with Crippen molar-refractivity contribution in [3.8, 4) is 0 Å². The molecule has 1 N–H and O–H groups in total. The van der Waals surface area contributed by atoms with Gasteiger partial charge in [-0.1, -0.05) is 0 Å². The second kappa shape index (κ2) is 14.1. The van der Waals surface area contributed by atoms with E-state index in [0.717, 1.165) is 12.8 Å². The van der Waals surface area contributed by atoms with Crippen LogP contribution in [-0.4, -0.2) is 32.9 Å². The first-order valence-electron chi connectivity index (χ1n) is 9.21. The molecule has 0 bridgehead atoms. The van der Waals surface area contributed by atoms with E-state index < -0.39 is 21.1 Å². The standard InChI is InChI=1S/C13H27.C6H11O.Sn/c1-4-7-10-13(11-8-5-2)12-9-6-3;1-2-3-4-5-6-7;/h4-12H2,1-3H3;7H,1,3-6H2;. The summed E-state index contributed by atoms with van der Waals surface area (Å²) in [6, 6.07) is 0. The third-order valence-corrected chi connectivity index (χ3v) is 9.73. The third kappa shape index (κ3) is 10.8. The second-order valence-electron chi connectivity index (χ2n) is 6.50. The molecular formula is C19H38OSn. The van der Waals surface area contributed by atoms with Gasteiger partial charge in [0.05, 0.1) is 0 Å². The van der Waals surface area contributed by atoms with Gasteiger partial charge in [-0.2, -0.15) is 0 Å². The summed E-state index contributed by atoms with van der Waals surface area (Å²) in [7, 11) is 0. The van der Waals surface area contributed by atoms with Crippen LogP contribution in [0.3, 0.4) is 0 Å². The summed E-state index contributed by atoms with van der Waals surface area (Å²) >= 11 is -0.545. The monoisotopic (exact) mass is 402 g/mol. The molecule has 2 heteroatoms. The van der Waals surface area contributed by atoms with E-state index in [-0.39, 0.29) is 0 Å². The molecule has 0 heterocycles. The van der Waals surface area contributed by atoms with E-state index in [1.807, 2.05) is 0 Å². The first kappa shape index (κ1) is 21.5. The Hall–Kier alpha value is 0.499. The Kier molecular flexibility index (Phi) is 14.4. The van der Waals surface area contributed by atoms with Crippen LogP contribution < -0.4 is 0 Å². The van der Waals surface area contributed by atoms with Gasteiger partial charge in [0.2, 0.25) is 0 Å². The van der Waals surface area contributed by atoms with Gasteiger partial charge < -0.3 is 0 Å². The molecule has 124 valence electrons. The minimum absolute atomic E-state index is 0.338. The van der Waals surface area contributed by atoms with Crippen LogP contribution in [0.25, 0.3) is 0 Å². The van der Waals surface area contributed by atoms with Crippen molar-refractivity contribution in [1.82, 2.24) is 0 Å².